The van der Waals surface area contributed by atoms with Crippen molar-refractivity contribution >= 4 is 17.4 Å². The first-order chi connectivity index (χ1) is 14.9. The van der Waals surface area contributed by atoms with E-state index in [2.05, 4.69) is 10.6 Å². The van der Waals surface area contributed by atoms with Gasteiger partial charge in [0.15, 0.2) is 11.5 Å². The van der Waals surface area contributed by atoms with Crippen molar-refractivity contribution < 1.29 is 27.9 Å². The summed E-state index contributed by atoms with van der Waals surface area (Å²) in [6.07, 6.45) is 1.38. The maximum absolute atomic E-state index is 14.4. The van der Waals surface area contributed by atoms with Crippen LogP contribution in [0.4, 0.5) is 14.5 Å². The molecule has 32 heavy (non-hydrogen) atoms. The molecule has 0 bridgehead atoms. The summed E-state index contributed by atoms with van der Waals surface area (Å²) >= 11 is 0. The molecule has 0 saturated carbocycles. The Morgan fingerprint density at radius 1 is 1.28 bits per heavy atom. The molecule has 1 aliphatic rings. The molecule has 1 aromatic carbocycles. The normalized spacial score (nSPS) is 14.9. The second kappa shape index (κ2) is 8.64. The van der Waals surface area contributed by atoms with Crippen molar-refractivity contribution in [3.63, 3.8) is 0 Å². The van der Waals surface area contributed by atoms with E-state index in [1.54, 1.807) is 26.2 Å². The number of hydrogen-bond acceptors (Lipinski definition) is 6. The lowest BCUT2D eigenvalue weighted by Crippen LogP contribution is -2.40. The summed E-state index contributed by atoms with van der Waals surface area (Å²) in [5.74, 6) is -4.06. The highest BCUT2D eigenvalue weighted by molar-refractivity contribution is 6.07. The van der Waals surface area contributed by atoms with Crippen molar-refractivity contribution in [2.45, 2.75) is 45.1 Å². The SMILES string of the molecule is CC(C)c1coc([C@H](NC2=C(Nc3cccc(C(=O)N(C)C)c3O)C(=O)C2)C(C)(F)F)c1. The molecule has 172 valence electrons. The molecule has 1 aromatic heterocycles. The van der Waals surface area contributed by atoms with E-state index in [9.17, 15) is 23.5 Å². The summed E-state index contributed by atoms with van der Waals surface area (Å²) in [6, 6.07) is 4.59. The number of carbonyl (C=O) groups is 2. The highest BCUT2D eigenvalue weighted by Crippen LogP contribution is 2.37. The van der Waals surface area contributed by atoms with Gasteiger partial charge < -0.3 is 25.1 Å². The van der Waals surface area contributed by atoms with E-state index in [1.807, 2.05) is 13.8 Å². The molecule has 0 radical (unpaired) electrons. The topological polar surface area (TPSA) is 94.8 Å². The van der Waals surface area contributed by atoms with Gasteiger partial charge in [0.2, 0.25) is 0 Å². The molecule has 0 unspecified atom stereocenters. The van der Waals surface area contributed by atoms with E-state index >= 15 is 0 Å². The van der Waals surface area contributed by atoms with Crippen molar-refractivity contribution in [2.75, 3.05) is 19.4 Å². The molecule has 1 amide bonds. The summed E-state index contributed by atoms with van der Waals surface area (Å²) in [6.45, 7) is 4.63. The van der Waals surface area contributed by atoms with Gasteiger partial charge in [0.1, 0.15) is 17.5 Å². The molecule has 3 rings (SSSR count). The van der Waals surface area contributed by atoms with Gasteiger partial charge in [-0.15, -0.1) is 0 Å². The fraction of sp³-hybridized carbons (Fsp3) is 0.391. The summed E-state index contributed by atoms with van der Waals surface area (Å²) in [4.78, 5) is 25.8. The molecule has 3 N–H and O–H groups in total. The number of aromatic hydroxyl groups is 1. The van der Waals surface area contributed by atoms with Crippen molar-refractivity contribution in [1.82, 2.24) is 10.2 Å². The van der Waals surface area contributed by atoms with Crippen LogP contribution >= 0.6 is 0 Å². The molecule has 9 heteroatoms. The molecule has 0 saturated heterocycles. The number of allylic oxidation sites excluding steroid dienone is 2. The third kappa shape index (κ3) is 4.61. The van der Waals surface area contributed by atoms with Crippen LogP contribution in [0.15, 0.2) is 46.3 Å². The number of anilines is 1. The van der Waals surface area contributed by atoms with Gasteiger partial charge >= 0.3 is 0 Å². The molecule has 1 heterocycles. The Balaban J connectivity index is 1.90. The second-order valence-electron chi connectivity index (χ2n) is 8.45. The van der Waals surface area contributed by atoms with Crippen LogP contribution in [0.5, 0.6) is 5.75 Å². The molecule has 0 fully saturated rings. The molecule has 1 aliphatic carbocycles. The lowest BCUT2D eigenvalue weighted by molar-refractivity contribution is -0.116. The molecule has 0 aliphatic heterocycles. The van der Waals surface area contributed by atoms with E-state index in [0.717, 1.165) is 12.5 Å². The minimum absolute atomic E-state index is 0.0525. The van der Waals surface area contributed by atoms with Crippen LogP contribution < -0.4 is 10.6 Å². The van der Waals surface area contributed by atoms with Gasteiger partial charge in [-0.05, 0) is 29.7 Å². The lowest BCUT2D eigenvalue weighted by Gasteiger charge is -2.31. The standard InChI is InChI=1S/C23H27F2N3O4/c1-12(2)13-9-18(32-11-13)21(23(3,24)25)27-16-10-17(29)19(16)26-15-8-6-7-14(20(15)30)22(31)28(4)5/h6-9,11-12,21,26-27,30H,10H2,1-5H3/t21-/m0/s1. The fourth-order valence-electron chi connectivity index (χ4n) is 3.30. The zero-order valence-electron chi connectivity index (χ0n) is 18.6. The Labute approximate surface area is 185 Å². The highest BCUT2D eigenvalue weighted by Gasteiger charge is 2.41. The Morgan fingerprint density at radius 3 is 2.50 bits per heavy atom. The number of para-hydroxylation sites is 1. The van der Waals surface area contributed by atoms with E-state index in [1.165, 1.54) is 23.3 Å². The van der Waals surface area contributed by atoms with Crippen LogP contribution in [0.3, 0.4) is 0 Å². The Bertz CT molecular complexity index is 1070. The fourth-order valence-corrected chi connectivity index (χ4v) is 3.30. The maximum atomic E-state index is 14.4. The number of halogens is 2. The van der Waals surface area contributed by atoms with Crippen molar-refractivity contribution in [3.8, 4) is 5.75 Å². The third-order valence-corrected chi connectivity index (χ3v) is 5.27. The van der Waals surface area contributed by atoms with Crippen LogP contribution in [0.2, 0.25) is 0 Å². The minimum Gasteiger partial charge on any atom is -0.505 e. The summed E-state index contributed by atoms with van der Waals surface area (Å²) < 4.78 is 34.2. The maximum Gasteiger partial charge on any atom is 0.272 e. The molecule has 0 spiro atoms. The molecular weight excluding hydrogens is 420 g/mol. The number of hydrogen-bond donors (Lipinski definition) is 3. The van der Waals surface area contributed by atoms with Crippen molar-refractivity contribution in [1.29, 1.82) is 0 Å². The Morgan fingerprint density at radius 2 is 1.97 bits per heavy atom. The first kappa shape index (κ1) is 23.3. The lowest BCUT2D eigenvalue weighted by atomic mass is 9.96. The van der Waals surface area contributed by atoms with E-state index < -0.39 is 17.9 Å². The molecule has 1 atom stereocenters. The molecule has 2 aromatic rings. The van der Waals surface area contributed by atoms with Crippen molar-refractivity contribution in [3.05, 3.63) is 58.8 Å². The van der Waals surface area contributed by atoms with Crippen LogP contribution in [0.25, 0.3) is 0 Å². The van der Waals surface area contributed by atoms with E-state index in [4.69, 9.17) is 4.42 Å². The van der Waals surface area contributed by atoms with E-state index in [-0.39, 0.29) is 52.3 Å². The molecule has 7 nitrogen and oxygen atoms in total. The molecular formula is C23H27F2N3O4. The number of furan rings is 1. The number of phenolic OH excluding ortho intramolecular Hbond substituents is 1. The van der Waals surface area contributed by atoms with Crippen LogP contribution in [0, 0.1) is 0 Å². The van der Waals surface area contributed by atoms with Gasteiger partial charge in [-0.1, -0.05) is 19.9 Å². The smallest absolute Gasteiger partial charge is 0.272 e. The predicted octanol–water partition coefficient (Wildman–Crippen LogP) is 4.39. The minimum atomic E-state index is -3.18. The summed E-state index contributed by atoms with van der Waals surface area (Å²) in [7, 11) is 3.10. The average Bonchev–Trinajstić information content (AvgIpc) is 3.18. The Hall–Kier alpha value is -3.36. The van der Waals surface area contributed by atoms with Gasteiger partial charge in [0, 0.05) is 26.7 Å². The van der Waals surface area contributed by atoms with Crippen LogP contribution in [0.1, 0.15) is 60.8 Å². The number of carbonyl (C=O) groups excluding carboxylic acids is 2. The number of alkyl halides is 2. The van der Waals surface area contributed by atoms with Crippen LogP contribution in [-0.2, 0) is 4.79 Å². The third-order valence-electron chi connectivity index (χ3n) is 5.27. The summed E-state index contributed by atoms with van der Waals surface area (Å²) in [5, 5.41) is 16.0. The number of ketones is 1. The van der Waals surface area contributed by atoms with Crippen molar-refractivity contribution in [2.24, 2.45) is 0 Å². The van der Waals surface area contributed by atoms with Gasteiger partial charge in [-0.25, -0.2) is 8.78 Å². The quantitative estimate of drug-likeness (QED) is 0.520. The predicted molar refractivity (Wildman–Crippen MR) is 116 cm³/mol. The average molecular weight is 447 g/mol. The Kier molecular flexibility index (Phi) is 6.29. The first-order valence-corrected chi connectivity index (χ1v) is 10.2. The van der Waals surface area contributed by atoms with Crippen LogP contribution in [-0.4, -0.2) is 41.7 Å². The number of amides is 1. The number of rotatable bonds is 8. The first-order valence-electron chi connectivity index (χ1n) is 10.2. The summed E-state index contributed by atoms with van der Waals surface area (Å²) in [5.41, 5.74) is 1.30. The zero-order chi connectivity index (χ0) is 23.8. The largest absolute Gasteiger partial charge is 0.505 e. The number of nitrogens with zero attached hydrogens (tertiary/aromatic N) is 1. The number of nitrogens with one attached hydrogen (secondary N) is 2. The zero-order valence-corrected chi connectivity index (χ0v) is 18.6. The second-order valence-corrected chi connectivity index (χ2v) is 8.45. The highest BCUT2D eigenvalue weighted by atomic mass is 19.3. The number of benzene rings is 1. The monoisotopic (exact) mass is 447 g/mol. The van der Waals surface area contributed by atoms with Gasteiger partial charge in [-0.3, -0.25) is 9.59 Å². The van der Waals surface area contributed by atoms with Gasteiger partial charge in [-0.2, -0.15) is 0 Å². The number of phenols is 1. The number of Topliss-reactive ketones (excluding diaryl/α,β-unsaturated/α-hetero) is 1. The van der Waals surface area contributed by atoms with E-state index in [0.29, 0.717) is 0 Å². The van der Waals surface area contributed by atoms with Gasteiger partial charge in [0.05, 0.1) is 23.9 Å². The van der Waals surface area contributed by atoms with Gasteiger partial charge in [0.25, 0.3) is 11.8 Å².